The molecule has 0 radical (unpaired) electrons. The van der Waals surface area contributed by atoms with Crippen molar-refractivity contribution in [2.75, 3.05) is 13.2 Å². The lowest BCUT2D eigenvalue weighted by Crippen LogP contribution is -2.38. The Bertz CT molecular complexity index is 785. The molecule has 0 saturated heterocycles. The molecule has 8 heteroatoms. The Morgan fingerprint density at radius 2 is 1.60 bits per heavy atom. The Hall–Kier alpha value is -2.93. The third-order valence-corrected chi connectivity index (χ3v) is 3.20. The fourth-order valence-electron chi connectivity index (χ4n) is 1.85. The lowest BCUT2D eigenvalue weighted by Gasteiger charge is -2.17. The molecule has 2 aromatic rings. The molecule has 0 spiro atoms. The van der Waals surface area contributed by atoms with Crippen molar-refractivity contribution >= 4 is 34.6 Å². The Morgan fingerprint density at radius 3 is 2.16 bits per heavy atom. The summed E-state index contributed by atoms with van der Waals surface area (Å²) in [5, 5.41) is 0.357. The summed E-state index contributed by atoms with van der Waals surface area (Å²) >= 11 is 6.06. The maximum atomic E-state index is 12.1. The molecule has 1 heterocycles. The summed E-state index contributed by atoms with van der Waals surface area (Å²) in [5.74, 6) is -1.69. The van der Waals surface area contributed by atoms with E-state index in [1.165, 1.54) is 36.7 Å². The van der Waals surface area contributed by atoms with Gasteiger partial charge in [0.2, 0.25) is 0 Å². The highest BCUT2D eigenvalue weighted by molar-refractivity contribution is 6.35. The van der Waals surface area contributed by atoms with E-state index in [1.807, 2.05) is 0 Å². The van der Waals surface area contributed by atoms with E-state index in [0.29, 0.717) is 16.1 Å². The van der Waals surface area contributed by atoms with Gasteiger partial charge in [0.15, 0.2) is 0 Å². The van der Waals surface area contributed by atoms with E-state index in [0.717, 1.165) is 0 Å². The third-order valence-electron chi connectivity index (χ3n) is 2.90. The molecule has 0 aliphatic heterocycles. The molecule has 25 heavy (non-hydrogen) atoms. The largest absolute Gasteiger partial charge is 0.464 e. The molecular weight excluding hydrogens is 348 g/mol. The SMILES string of the molecule is C=CCOC(=O)C(Oc1ccc(Cl)c2nccnc12)C(=O)OCC=C. The minimum atomic E-state index is -1.63. The molecule has 0 bridgehead atoms. The van der Waals surface area contributed by atoms with Crippen LogP contribution in [0.15, 0.2) is 49.8 Å². The molecule has 0 aliphatic carbocycles. The van der Waals surface area contributed by atoms with Gasteiger partial charge in [-0.25, -0.2) is 14.6 Å². The first-order chi connectivity index (χ1) is 12.1. The third kappa shape index (κ3) is 4.54. The lowest BCUT2D eigenvalue weighted by molar-refractivity contribution is -0.165. The smallest absolute Gasteiger partial charge is 0.359 e. The first kappa shape index (κ1) is 18.4. The molecule has 0 saturated carbocycles. The zero-order valence-electron chi connectivity index (χ0n) is 13.2. The van der Waals surface area contributed by atoms with Gasteiger partial charge in [0.25, 0.3) is 6.10 Å². The molecule has 0 unspecified atom stereocenters. The van der Waals surface area contributed by atoms with Gasteiger partial charge in [-0.1, -0.05) is 36.9 Å². The number of ether oxygens (including phenoxy) is 3. The molecule has 2 rings (SSSR count). The second-order valence-corrected chi connectivity index (χ2v) is 5.04. The van der Waals surface area contributed by atoms with Crippen LogP contribution in [0.1, 0.15) is 0 Å². The Labute approximate surface area is 148 Å². The number of nitrogens with zero attached hydrogens (tertiary/aromatic N) is 2. The van der Waals surface area contributed by atoms with Crippen molar-refractivity contribution in [3.05, 3.63) is 54.9 Å². The minimum Gasteiger partial charge on any atom is -0.464 e. The Balaban J connectivity index is 2.34. The number of fused-ring (bicyclic) bond motifs is 1. The summed E-state index contributed by atoms with van der Waals surface area (Å²) in [6.07, 6.45) is 4.00. The van der Waals surface area contributed by atoms with Crippen LogP contribution >= 0.6 is 11.6 Å². The number of benzene rings is 1. The summed E-state index contributed by atoms with van der Waals surface area (Å²) < 4.78 is 15.3. The van der Waals surface area contributed by atoms with E-state index in [-0.39, 0.29) is 19.0 Å². The van der Waals surface area contributed by atoms with Gasteiger partial charge < -0.3 is 14.2 Å². The molecular formula is C17H15ClN2O5. The van der Waals surface area contributed by atoms with Gasteiger partial charge in [0.05, 0.1) is 5.02 Å². The van der Waals surface area contributed by atoms with Gasteiger partial charge in [-0.3, -0.25) is 4.98 Å². The van der Waals surface area contributed by atoms with Crippen LogP contribution in [0.25, 0.3) is 11.0 Å². The first-order valence-corrected chi connectivity index (χ1v) is 7.57. The first-order valence-electron chi connectivity index (χ1n) is 7.19. The average molecular weight is 363 g/mol. The maximum absolute atomic E-state index is 12.1. The molecule has 0 N–H and O–H groups in total. The van der Waals surface area contributed by atoms with Crippen molar-refractivity contribution in [3.8, 4) is 5.75 Å². The van der Waals surface area contributed by atoms with Gasteiger partial charge in [-0.15, -0.1) is 0 Å². The van der Waals surface area contributed by atoms with Gasteiger partial charge in [0, 0.05) is 12.4 Å². The van der Waals surface area contributed by atoms with Gasteiger partial charge >= 0.3 is 11.9 Å². The van der Waals surface area contributed by atoms with E-state index in [9.17, 15) is 9.59 Å². The van der Waals surface area contributed by atoms with E-state index < -0.39 is 18.0 Å². The van der Waals surface area contributed by atoms with Gasteiger partial charge in [-0.05, 0) is 12.1 Å². The number of halogens is 1. The maximum Gasteiger partial charge on any atom is 0.359 e. The Kier molecular flexibility index (Phi) is 6.47. The normalized spacial score (nSPS) is 10.3. The number of esters is 2. The second kappa shape index (κ2) is 8.79. The monoisotopic (exact) mass is 362 g/mol. The zero-order valence-corrected chi connectivity index (χ0v) is 13.9. The van der Waals surface area contributed by atoms with Crippen molar-refractivity contribution in [1.29, 1.82) is 0 Å². The number of hydrogen-bond donors (Lipinski definition) is 0. The van der Waals surface area contributed by atoms with Crippen LogP contribution in [0.5, 0.6) is 5.75 Å². The van der Waals surface area contributed by atoms with E-state index in [1.54, 1.807) is 0 Å². The Morgan fingerprint density at radius 1 is 1.04 bits per heavy atom. The van der Waals surface area contributed by atoms with Crippen LogP contribution in [-0.2, 0) is 19.1 Å². The van der Waals surface area contributed by atoms with Crippen molar-refractivity contribution in [2.24, 2.45) is 0 Å². The topological polar surface area (TPSA) is 87.6 Å². The van der Waals surface area contributed by atoms with Crippen molar-refractivity contribution in [3.63, 3.8) is 0 Å². The lowest BCUT2D eigenvalue weighted by atomic mass is 10.2. The fourth-order valence-corrected chi connectivity index (χ4v) is 2.05. The standard InChI is InChI=1S/C17H15ClN2O5/c1-3-9-23-16(21)15(17(22)24-10-4-2)25-12-6-5-11(18)13-14(12)20-8-7-19-13/h3-8,15H,1-2,9-10H2. The van der Waals surface area contributed by atoms with Crippen LogP contribution in [0.2, 0.25) is 5.02 Å². The highest BCUT2D eigenvalue weighted by Crippen LogP contribution is 2.29. The molecule has 0 fully saturated rings. The summed E-state index contributed by atoms with van der Waals surface area (Å²) in [6.45, 7) is 6.73. The number of aromatic nitrogens is 2. The zero-order chi connectivity index (χ0) is 18.2. The predicted molar refractivity (Wildman–Crippen MR) is 91.3 cm³/mol. The van der Waals surface area contributed by atoms with Crippen LogP contribution in [0.3, 0.4) is 0 Å². The van der Waals surface area contributed by atoms with Crippen molar-refractivity contribution < 1.29 is 23.8 Å². The summed E-state index contributed by atoms with van der Waals surface area (Å²) in [7, 11) is 0. The summed E-state index contributed by atoms with van der Waals surface area (Å²) in [5.41, 5.74) is 0.673. The number of hydrogen-bond acceptors (Lipinski definition) is 7. The van der Waals surface area contributed by atoms with Crippen LogP contribution in [0, 0.1) is 0 Å². The highest BCUT2D eigenvalue weighted by atomic mass is 35.5. The van der Waals surface area contributed by atoms with Gasteiger partial charge in [-0.2, -0.15) is 0 Å². The molecule has 0 atom stereocenters. The minimum absolute atomic E-state index is 0.0748. The van der Waals surface area contributed by atoms with E-state index in [4.69, 9.17) is 25.8 Å². The van der Waals surface area contributed by atoms with Crippen LogP contribution in [-0.4, -0.2) is 41.2 Å². The van der Waals surface area contributed by atoms with Crippen molar-refractivity contribution in [1.82, 2.24) is 9.97 Å². The number of carbonyl (C=O) groups is 2. The molecule has 1 aromatic heterocycles. The summed E-state index contributed by atoms with van der Waals surface area (Å²) in [6, 6.07) is 3.00. The second-order valence-electron chi connectivity index (χ2n) is 4.63. The van der Waals surface area contributed by atoms with Crippen LogP contribution < -0.4 is 4.74 Å². The van der Waals surface area contributed by atoms with Gasteiger partial charge in [0.1, 0.15) is 30.0 Å². The average Bonchev–Trinajstić information content (AvgIpc) is 2.64. The number of rotatable bonds is 8. The fraction of sp³-hybridized carbons (Fsp3) is 0.176. The molecule has 0 aliphatic rings. The summed E-state index contributed by atoms with van der Waals surface area (Å²) in [4.78, 5) is 32.5. The van der Waals surface area contributed by atoms with E-state index in [2.05, 4.69) is 23.1 Å². The quantitative estimate of drug-likeness (QED) is 0.405. The van der Waals surface area contributed by atoms with E-state index >= 15 is 0 Å². The van der Waals surface area contributed by atoms with Crippen molar-refractivity contribution in [2.45, 2.75) is 6.10 Å². The molecule has 0 amide bonds. The highest BCUT2D eigenvalue weighted by Gasteiger charge is 2.33. The molecule has 7 nitrogen and oxygen atoms in total. The number of carbonyl (C=O) groups excluding carboxylic acids is 2. The predicted octanol–water partition coefficient (Wildman–Crippen LogP) is 2.49. The van der Waals surface area contributed by atoms with Crippen LogP contribution in [0.4, 0.5) is 0 Å². The molecule has 130 valence electrons. The molecule has 1 aromatic carbocycles.